The number of hydrogen-bond acceptors (Lipinski definition) is 3. The first-order valence-electron chi connectivity index (χ1n) is 11.0. The molecule has 8 heteroatoms. The number of carbonyl (C=O) groups is 1. The number of halogens is 2. The van der Waals surface area contributed by atoms with Crippen LogP contribution in [-0.4, -0.2) is 38.7 Å². The molecule has 0 unspecified atom stereocenters. The molecular weight excluding hydrogens is 424 g/mol. The van der Waals surface area contributed by atoms with Crippen molar-refractivity contribution in [2.24, 2.45) is 7.05 Å². The van der Waals surface area contributed by atoms with Crippen LogP contribution >= 0.6 is 0 Å². The number of fused-ring (bicyclic) bond motifs is 2. The number of rotatable bonds is 6. The maximum atomic E-state index is 13.6. The zero-order valence-corrected chi connectivity index (χ0v) is 18.3. The number of nitrogens with zero attached hydrogens (tertiary/aromatic N) is 3. The molecule has 1 aliphatic rings. The molecular formula is C25H25F2N5O. The summed E-state index contributed by atoms with van der Waals surface area (Å²) in [6.45, 7) is 2.29. The number of aryl methyl sites for hydroxylation is 1. The summed E-state index contributed by atoms with van der Waals surface area (Å²) in [6.07, 6.45) is 4.40. The number of amides is 1. The Balaban J connectivity index is 1.27. The van der Waals surface area contributed by atoms with Gasteiger partial charge in [0.05, 0.1) is 11.6 Å². The van der Waals surface area contributed by atoms with Gasteiger partial charge in [0.2, 0.25) is 5.91 Å². The fourth-order valence-electron chi connectivity index (χ4n) is 4.60. The van der Waals surface area contributed by atoms with Crippen LogP contribution in [0.5, 0.6) is 0 Å². The lowest BCUT2D eigenvalue weighted by molar-refractivity contribution is -0.123. The average molecular weight is 450 g/mol. The monoisotopic (exact) mass is 449 g/mol. The average Bonchev–Trinajstić information content (AvgIpc) is 3.37. The molecule has 0 radical (unpaired) electrons. The van der Waals surface area contributed by atoms with Gasteiger partial charge in [-0.3, -0.25) is 14.4 Å². The highest BCUT2D eigenvalue weighted by atomic mass is 19.1. The van der Waals surface area contributed by atoms with Gasteiger partial charge in [-0.25, -0.2) is 8.78 Å². The highest BCUT2D eigenvalue weighted by Crippen LogP contribution is 2.28. The quantitative estimate of drug-likeness (QED) is 0.472. The molecule has 6 nitrogen and oxygen atoms in total. The van der Waals surface area contributed by atoms with Crippen molar-refractivity contribution < 1.29 is 13.6 Å². The highest BCUT2D eigenvalue weighted by molar-refractivity contribution is 5.85. The maximum absolute atomic E-state index is 13.6. The van der Waals surface area contributed by atoms with E-state index in [4.69, 9.17) is 0 Å². The smallest absolute Gasteiger partial charge is 0.230 e. The molecule has 1 amide bonds. The first-order chi connectivity index (χ1) is 16.0. The van der Waals surface area contributed by atoms with Crippen LogP contribution in [0.25, 0.3) is 10.9 Å². The van der Waals surface area contributed by atoms with Crippen LogP contribution in [0, 0.1) is 11.6 Å². The Hall–Kier alpha value is -3.52. The summed E-state index contributed by atoms with van der Waals surface area (Å²) in [4.78, 5) is 18.5. The molecule has 2 aromatic carbocycles. The van der Waals surface area contributed by atoms with Crippen molar-refractivity contribution in [3.63, 3.8) is 0 Å². The van der Waals surface area contributed by atoms with E-state index in [2.05, 4.69) is 20.3 Å². The SMILES string of the molecule is Cn1cc2c(n1)[C@H](C(=O)NCCc1c[nH]c3ccc(F)cc13)CN(Cc1ccc(F)cc1)C2. The van der Waals surface area contributed by atoms with Gasteiger partial charge < -0.3 is 10.3 Å². The summed E-state index contributed by atoms with van der Waals surface area (Å²) in [6, 6.07) is 11.1. The van der Waals surface area contributed by atoms with E-state index in [0.29, 0.717) is 32.6 Å². The second-order valence-corrected chi connectivity index (χ2v) is 8.61. The Bertz CT molecular complexity index is 1290. The second-order valence-electron chi connectivity index (χ2n) is 8.61. The second kappa shape index (κ2) is 8.78. The zero-order valence-electron chi connectivity index (χ0n) is 18.3. The lowest BCUT2D eigenvalue weighted by atomic mass is 9.95. The van der Waals surface area contributed by atoms with Gasteiger partial charge in [0.1, 0.15) is 11.6 Å². The van der Waals surface area contributed by atoms with E-state index in [1.807, 2.05) is 19.4 Å². The van der Waals surface area contributed by atoms with Crippen LogP contribution in [0.2, 0.25) is 0 Å². The minimum absolute atomic E-state index is 0.0789. The number of aromatic amines is 1. The molecule has 170 valence electrons. The maximum Gasteiger partial charge on any atom is 0.230 e. The summed E-state index contributed by atoms with van der Waals surface area (Å²) in [7, 11) is 1.85. The first-order valence-corrected chi connectivity index (χ1v) is 11.0. The minimum atomic E-state index is -0.393. The van der Waals surface area contributed by atoms with E-state index in [-0.39, 0.29) is 17.5 Å². The standard InChI is InChI=1S/C25H25F2N5O/c1-31-13-18-14-32(12-16-2-4-19(26)5-3-16)15-22(24(18)30-31)25(33)28-9-8-17-11-29-23-7-6-20(27)10-21(17)23/h2-7,10-11,13,22,29H,8-9,12,14-15H2,1H3,(H,28,33)/t22-/m1/s1. The lowest BCUT2D eigenvalue weighted by Gasteiger charge is -2.31. The molecule has 5 rings (SSSR count). The third-order valence-electron chi connectivity index (χ3n) is 6.16. The number of H-pyrrole nitrogens is 1. The van der Waals surface area contributed by atoms with Crippen molar-refractivity contribution in [2.75, 3.05) is 13.1 Å². The van der Waals surface area contributed by atoms with Crippen molar-refractivity contribution in [3.8, 4) is 0 Å². The first kappa shape index (κ1) is 21.3. The molecule has 33 heavy (non-hydrogen) atoms. The third kappa shape index (κ3) is 4.52. The minimum Gasteiger partial charge on any atom is -0.361 e. The van der Waals surface area contributed by atoms with Gasteiger partial charge in [0, 0.05) is 62.1 Å². The predicted octanol–water partition coefficient (Wildman–Crippen LogP) is 3.64. The third-order valence-corrected chi connectivity index (χ3v) is 6.16. The van der Waals surface area contributed by atoms with E-state index >= 15 is 0 Å². The van der Waals surface area contributed by atoms with Gasteiger partial charge in [0.25, 0.3) is 0 Å². The van der Waals surface area contributed by atoms with Crippen LogP contribution in [0.15, 0.2) is 54.9 Å². The van der Waals surface area contributed by atoms with E-state index in [0.717, 1.165) is 33.3 Å². The Morgan fingerprint density at radius 2 is 1.97 bits per heavy atom. The highest BCUT2D eigenvalue weighted by Gasteiger charge is 2.33. The molecule has 0 saturated heterocycles. The van der Waals surface area contributed by atoms with Crippen LogP contribution in [0.4, 0.5) is 8.78 Å². The summed E-state index contributed by atoms with van der Waals surface area (Å²) in [5, 5.41) is 8.42. The van der Waals surface area contributed by atoms with Crippen LogP contribution < -0.4 is 5.32 Å². The van der Waals surface area contributed by atoms with Gasteiger partial charge in [-0.05, 0) is 47.9 Å². The van der Waals surface area contributed by atoms with E-state index < -0.39 is 5.92 Å². The van der Waals surface area contributed by atoms with Gasteiger partial charge in [-0.15, -0.1) is 0 Å². The molecule has 2 N–H and O–H groups in total. The predicted molar refractivity (Wildman–Crippen MR) is 121 cm³/mol. The molecule has 1 atom stereocenters. The van der Waals surface area contributed by atoms with Crippen molar-refractivity contribution in [2.45, 2.75) is 25.4 Å². The molecule has 0 aliphatic carbocycles. The number of carbonyl (C=O) groups excluding carboxylic acids is 1. The fourth-order valence-corrected chi connectivity index (χ4v) is 4.60. The largest absolute Gasteiger partial charge is 0.361 e. The topological polar surface area (TPSA) is 66.0 Å². The number of nitrogens with one attached hydrogen (secondary N) is 2. The van der Waals surface area contributed by atoms with E-state index in [1.54, 1.807) is 22.9 Å². The van der Waals surface area contributed by atoms with E-state index in [9.17, 15) is 13.6 Å². The van der Waals surface area contributed by atoms with Crippen molar-refractivity contribution >= 4 is 16.8 Å². The molecule has 4 aromatic rings. The van der Waals surface area contributed by atoms with Crippen LogP contribution in [0.1, 0.15) is 28.3 Å². The number of benzene rings is 2. The normalized spacial score (nSPS) is 16.2. The summed E-state index contributed by atoms with van der Waals surface area (Å²) in [5.74, 6) is -1.01. The molecule has 0 saturated carbocycles. The van der Waals surface area contributed by atoms with Crippen molar-refractivity contribution in [1.29, 1.82) is 0 Å². The Kier molecular flexibility index (Phi) is 5.68. The Morgan fingerprint density at radius 1 is 1.18 bits per heavy atom. The van der Waals surface area contributed by atoms with Gasteiger partial charge in [-0.1, -0.05) is 12.1 Å². The molecule has 0 fully saturated rings. The van der Waals surface area contributed by atoms with E-state index in [1.165, 1.54) is 24.3 Å². The summed E-state index contributed by atoms with van der Waals surface area (Å²) < 4.78 is 28.6. The molecule has 3 heterocycles. The number of aromatic nitrogens is 3. The lowest BCUT2D eigenvalue weighted by Crippen LogP contribution is -2.41. The Labute approximate surface area is 190 Å². The Morgan fingerprint density at radius 3 is 2.79 bits per heavy atom. The van der Waals surface area contributed by atoms with Crippen LogP contribution in [-0.2, 0) is 31.4 Å². The summed E-state index contributed by atoms with van der Waals surface area (Å²) >= 11 is 0. The van der Waals surface area contributed by atoms with Crippen molar-refractivity contribution in [3.05, 3.63) is 88.9 Å². The van der Waals surface area contributed by atoms with Gasteiger partial charge >= 0.3 is 0 Å². The molecule has 0 bridgehead atoms. The van der Waals surface area contributed by atoms with Crippen molar-refractivity contribution in [1.82, 2.24) is 25.0 Å². The molecule has 2 aromatic heterocycles. The summed E-state index contributed by atoms with van der Waals surface area (Å²) in [5.41, 5.74) is 4.66. The fraction of sp³-hybridized carbons (Fsp3) is 0.280. The van der Waals surface area contributed by atoms with Gasteiger partial charge in [-0.2, -0.15) is 5.10 Å². The molecule has 1 aliphatic heterocycles. The zero-order chi connectivity index (χ0) is 22.9. The number of hydrogen-bond donors (Lipinski definition) is 2. The molecule has 0 spiro atoms. The van der Waals surface area contributed by atoms with Crippen LogP contribution in [0.3, 0.4) is 0 Å². The van der Waals surface area contributed by atoms with Gasteiger partial charge in [0.15, 0.2) is 0 Å².